The van der Waals surface area contributed by atoms with E-state index in [0.29, 0.717) is 17.4 Å². The normalized spacial score (nSPS) is 12.6. The number of ether oxygens (including phenoxy) is 1. The Labute approximate surface area is 214 Å². The molecule has 0 spiro atoms. The summed E-state index contributed by atoms with van der Waals surface area (Å²) in [5, 5.41) is 10.9. The van der Waals surface area contributed by atoms with Crippen molar-refractivity contribution in [2.75, 3.05) is 27.7 Å². The van der Waals surface area contributed by atoms with Crippen LogP contribution in [-0.4, -0.2) is 50.2 Å². The molecule has 0 radical (unpaired) electrons. The fourth-order valence-electron chi connectivity index (χ4n) is 4.53. The van der Waals surface area contributed by atoms with E-state index in [2.05, 4.69) is 20.8 Å². The second kappa shape index (κ2) is 16.8. The predicted octanol–water partition coefficient (Wildman–Crippen LogP) is 5.44. The van der Waals surface area contributed by atoms with Crippen LogP contribution in [0.5, 0.6) is 0 Å². The largest absolute Gasteiger partial charge is 0.550 e. The van der Waals surface area contributed by atoms with E-state index >= 15 is 0 Å². The van der Waals surface area contributed by atoms with Crippen LogP contribution in [-0.2, 0) is 27.2 Å². The number of aliphatic carboxylic acids is 1. The van der Waals surface area contributed by atoms with Gasteiger partial charge < -0.3 is 23.5 Å². The number of aryl methyl sites for hydroxylation is 2. The molecule has 0 saturated carbocycles. The lowest BCUT2D eigenvalue weighted by Crippen LogP contribution is -2.45. The van der Waals surface area contributed by atoms with E-state index in [9.17, 15) is 14.7 Å². The first-order valence-electron chi connectivity index (χ1n) is 13.8. The van der Waals surface area contributed by atoms with Crippen molar-refractivity contribution in [2.24, 2.45) is 0 Å². The summed E-state index contributed by atoms with van der Waals surface area (Å²) in [4.78, 5) is 23.0. The van der Waals surface area contributed by atoms with Gasteiger partial charge in [-0.1, -0.05) is 58.3 Å². The number of unbranched alkanes of at least 4 members (excludes halogenated alkanes) is 9. The Morgan fingerprint density at radius 3 is 1.80 bits per heavy atom. The number of carbonyl (C=O) groups is 2. The zero-order valence-electron chi connectivity index (χ0n) is 23.4. The highest BCUT2D eigenvalue weighted by molar-refractivity contribution is 5.70. The summed E-state index contributed by atoms with van der Waals surface area (Å²) >= 11 is 0. The number of hydrogen-bond acceptors (Lipinski definition) is 5. The van der Waals surface area contributed by atoms with Crippen LogP contribution in [0.2, 0.25) is 0 Å². The average Bonchev–Trinajstić information content (AvgIpc) is 3.01. The summed E-state index contributed by atoms with van der Waals surface area (Å²) in [6, 6.07) is 0. The molecule has 0 aliphatic rings. The molecule has 35 heavy (non-hydrogen) atoms. The third-order valence-electron chi connectivity index (χ3n) is 6.63. The quantitative estimate of drug-likeness (QED) is 0.137. The van der Waals surface area contributed by atoms with Gasteiger partial charge >= 0.3 is 5.97 Å². The van der Waals surface area contributed by atoms with Crippen LogP contribution < -0.4 is 5.11 Å². The maximum absolute atomic E-state index is 12.1. The highest BCUT2D eigenvalue weighted by Gasteiger charge is 2.22. The molecule has 1 aromatic rings. The van der Waals surface area contributed by atoms with Crippen molar-refractivity contribution in [1.29, 1.82) is 0 Å². The van der Waals surface area contributed by atoms with Gasteiger partial charge in [0.25, 0.3) is 0 Å². The van der Waals surface area contributed by atoms with Crippen molar-refractivity contribution in [3.63, 3.8) is 0 Å². The zero-order chi connectivity index (χ0) is 26.3. The van der Waals surface area contributed by atoms with Gasteiger partial charge in [-0.05, 0) is 44.2 Å². The summed E-state index contributed by atoms with van der Waals surface area (Å²) in [6.07, 6.45) is 14.2. The summed E-state index contributed by atoms with van der Waals surface area (Å²) in [6.45, 7) is 7.08. The van der Waals surface area contributed by atoms with E-state index in [1.54, 1.807) is 0 Å². The molecule has 0 fully saturated rings. The minimum absolute atomic E-state index is 0.250. The molecule has 1 aromatic heterocycles. The standard InChI is InChI=1S/C29H51NO5/c1-7-8-15-18-26-23(2)24(3)27(35-26)19-16-13-11-9-10-12-14-17-20-29(33)34-25(21-28(31)32)22-30(4,5)6/h25H,7-22H2,1-6H3. The number of hydrogen-bond donors (Lipinski definition) is 0. The van der Waals surface area contributed by atoms with Crippen LogP contribution in [0.1, 0.15) is 113 Å². The number of likely N-dealkylation sites (N-methyl/N-ethyl adjacent to an activating group) is 1. The van der Waals surface area contributed by atoms with E-state index in [-0.39, 0.29) is 12.4 Å². The van der Waals surface area contributed by atoms with Crippen LogP contribution in [0.4, 0.5) is 0 Å². The monoisotopic (exact) mass is 493 g/mol. The van der Waals surface area contributed by atoms with Crippen molar-refractivity contribution < 1.29 is 28.3 Å². The SMILES string of the molecule is CCCCCc1oc(CCCCCCCCCCC(=O)OC(CC(=O)[O-])C[N+](C)(C)C)c(C)c1C. The third-order valence-corrected chi connectivity index (χ3v) is 6.63. The van der Waals surface area contributed by atoms with Crippen LogP contribution >= 0.6 is 0 Å². The first-order valence-corrected chi connectivity index (χ1v) is 13.8. The summed E-state index contributed by atoms with van der Waals surface area (Å²) in [7, 11) is 5.83. The maximum Gasteiger partial charge on any atom is 0.306 e. The van der Waals surface area contributed by atoms with Gasteiger partial charge in [0.15, 0.2) is 6.10 Å². The number of furan rings is 1. The van der Waals surface area contributed by atoms with E-state index in [1.807, 2.05) is 21.1 Å². The van der Waals surface area contributed by atoms with Crippen molar-refractivity contribution in [3.8, 4) is 0 Å². The second-order valence-corrected chi connectivity index (χ2v) is 11.1. The van der Waals surface area contributed by atoms with Gasteiger partial charge in [0.05, 0.1) is 21.1 Å². The number of esters is 1. The Bertz CT molecular complexity index is 747. The molecule has 0 bridgehead atoms. The topological polar surface area (TPSA) is 79.6 Å². The highest BCUT2D eigenvalue weighted by atomic mass is 16.5. The molecule has 0 saturated heterocycles. The van der Waals surface area contributed by atoms with Gasteiger partial charge in [0.1, 0.15) is 18.1 Å². The number of carboxylic acids is 1. The lowest BCUT2D eigenvalue weighted by Gasteiger charge is -2.29. The smallest absolute Gasteiger partial charge is 0.306 e. The van der Waals surface area contributed by atoms with E-state index in [1.165, 1.54) is 74.0 Å². The molecule has 0 aliphatic carbocycles. The number of rotatable bonds is 20. The summed E-state index contributed by atoms with van der Waals surface area (Å²) in [5.74, 6) is 0.890. The number of carbonyl (C=O) groups excluding carboxylic acids is 2. The molecule has 1 heterocycles. The van der Waals surface area contributed by atoms with Crippen LogP contribution in [0, 0.1) is 13.8 Å². The van der Waals surface area contributed by atoms with Crippen LogP contribution in [0.3, 0.4) is 0 Å². The second-order valence-electron chi connectivity index (χ2n) is 11.1. The molecule has 6 nitrogen and oxygen atoms in total. The molecule has 6 heteroatoms. The van der Waals surface area contributed by atoms with Gasteiger partial charge in [-0.15, -0.1) is 0 Å². The van der Waals surface area contributed by atoms with Crippen molar-refractivity contribution >= 4 is 11.9 Å². The molecular formula is C29H51NO5. The lowest BCUT2D eigenvalue weighted by atomic mass is 10.0. The molecule has 1 unspecified atom stereocenters. The lowest BCUT2D eigenvalue weighted by molar-refractivity contribution is -0.873. The van der Waals surface area contributed by atoms with Gasteiger partial charge in [0.2, 0.25) is 0 Å². The average molecular weight is 494 g/mol. The van der Waals surface area contributed by atoms with Gasteiger partial charge in [-0.2, -0.15) is 0 Å². The Morgan fingerprint density at radius 1 is 0.829 bits per heavy atom. The molecule has 1 rings (SSSR count). The van der Waals surface area contributed by atoms with Crippen LogP contribution in [0.15, 0.2) is 4.42 Å². The van der Waals surface area contributed by atoms with Crippen molar-refractivity contribution in [1.82, 2.24) is 0 Å². The number of quaternary nitrogens is 1. The fraction of sp³-hybridized carbons (Fsp3) is 0.793. The van der Waals surface area contributed by atoms with Gasteiger partial charge in [-0.3, -0.25) is 4.79 Å². The first-order chi connectivity index (χ1) is 16.5. The summed E-state index contributed by atoms with van der Waals surface area (Å²) in [5.41, 5.74) is 2.70. The van der Waals surface area contributed by atoms with Crippen molar-refractivity contribution in [3.05, 3.63) is 22.6 Å². The van der Waals surface area contributed by atoms with E-state index in [0.717, 1.165) is 32.1 Å². The van der Waals surface area contributed by atoms with Gasteiger partial charge in [0, 0.05) is 31.7 Å². The number of carboxylic acid groups (broad SMARTS) is 1. The molecule has 0 aromatic carbocycles. The van der Waals surface area contributed by atoms with Crippen molar-refractivity contribution in [2.45, 2.75) is 123 Å². The highest BCUT2D eigenvalue weighted by Crippen LogP contribution is 2.25. The van der Waals surface area contributed by atoms with Gasteiger partial charge in [-0.25, -0.2) is 0 Å². The summed E-state index contributed by atoms with van der Waals surface area (Å²) < 4.78 is 12.1. The predicted molar refractivity (Wildman–Crippen MR) is 139 cm³/mol. The Hall–Kier alpha value is -1.82. The fourth-order valence-corrected chi connectivity index (χ4v) is 4.53. The minimum Gasteiger partial charge on any atom is -0.550 e. The molecule has 202 valence electrons. The third kappa shape index (κ3) is 14.4. The van der Waals surface area contributed by atoms with E-state index in [4.69, 9.17) is 9.15 Å². The zero-order valence-corrected chi connectivity index (χ0v) is 23.4. The number of nitrogens with zero attached hydrogens (tertiary/aromatic N) is 1. The molecule has 0 N–H and O–H groups in total. The maximum atomic E-state index is 12.1. The minimum atomic E-state index is -1.18. The first kappa shape index (κ1) is 31.2. The molecule has 0 aliphatic heterocycles. The molecule has 1 atom stereocenters. The molecular weight excluding hydrogens is 442 g/mol. The van der Waals surface area contributed by atoms with Crippen LogP contribution in [0.25, 0.3) is 0 Å². The Kier molecular flexibility index (Phi) is 15.0. The van der Waals surface area contributed by atoms with E-state index < -0.39 is 12.1 Å². The Balaban J connectivity index is 2.12. The Morgan fingerprint density at radius 2 is 1.31 bits per heavy atom. The molecule has 0 amide bonds.